The molecule has 1 aliphatic heterocycles. The van der Waals surface area contributed by atoms with Crippen LogP contribution in [0, 0.1) is 6.92 Å². The maximum atomic E-state index is 12.5. The zero-order valence-electron chi connectivity index (χ0n) is 11.4. The van der Waals surface area contributed by atoms with E-state index in [0.717, 1.165) is 23.3 Å². The average Bonchev–Trinajstić information content (AvgIpc) is 2.50. The number of phenolic OH excluding ortho intramolecular Hbond substituents is 1. The Labute approximate surface area is 127 Å². The van der Waals surface area contributed by atoms with Crippen LogP contribution in [0.3, 0.4) is 0 Å². The standard InChI is InChI=1S/C17H13ClO3/c1-10-6-15(19)13(8-14(10)18)17(20)12-7-11-4-2-3-5-16(11)21-9-12/h2-3,5-9,19H,4H2,1H3. The fraction of sp³-hybridized carbons (Fsp3) is 0.118. The maximum Gasteiger partial charge on any atom is 0.199 e. The van der Waals surface area contributed by atoms with Crippen LogP contribution in [0.5, 0.6) is 5.75 Å². The Balaban J connectivity index is 1.96. The van der Waals surface area contributed by atoms with Gasteiger partial charge in [0.1, 0.15) is 17.8 Å². The summed E-state index contributed by atoms with van der Waals surface area (Å²) in [5.74, 6) is 0.363. The first-order valence-corrected chi connectivity index (χ1v) is 6.92. The number of ketones is 1. The Morgan fingerprint density at radius 3 is 3.00 bits per heavy atom. The smallest absolute Gasteiger partial charge is 0.199 e. The van der Waals surface area contributed by atoms with Crippen LogP contribution in [0.1, 0.15) is 22.3 Å². The van der Waals surface area contributed by atoms with Crippen LogP contribution in [0.2, 0.25) is 5.02 Å². The fourth-order valence-electron chi connectivity index (χ4n) is 2.27. The van der Waals surface area contributed by atoms with Crippen molar-refractivity contribution in [3.63, 3.8) is 0 Å². The van der Waals surface area contributed by atoms with Gasteiger partial charge in [0.05, 0.1) is 11.1 Å². The van der Waals surface area contributed by atoms with E-state index >= 15 is 0 Å². The molecule has 3 rings (SSSR count). The maximum absolute atomic E-state index is 12.5. The van der Waals surface area contributed by atoms with Crippen LogP contribution in [-0.2, 0) is 4.74 Å². The van der Waals surface area contributed by atoms with Crippen molar-refractivity contribution in [3.8, 4) is 5.75 Å². The Bertz CT molecular complexity index is 752. The molecule has 2 aliphatic rings. The highest BCUT2D eigenvalue weighted by molar-refractivity contribution is 6.32. The van der Waals surface area contributed by atoms with E-state index < -0.39 is 0 Å². The Kier molecular flexibility index (Phi) is 3.43. The van der Waals surface area contributed by atoms with Crippen molar-refractivity contribution < 1.29 is 14.6 Å². The van der Waals surface area contributed by atoms with Crippen molar-refractivity contribution in [2.45, 2.75) is 13.3 Å². The summed E-state index contributed by atoms with van der Waals surface area (Å²) in [7, 11) is 0. The summed E-state index contributed by atoms with van der Waals surface area (Å²) in [4.78, 5) is 12.5. The van der Waals surface area contributed by atoms with Crippen LogP contribution >= 0.6 is 11.6 Å². The monoisotopic (exact) mass is 300 g/mol. The second kappa shape index (κ2) is 5.26. The Morgan fingerprint density at radius 1 is 1.38 bits per heavy atom. The molecule has 0 spiro atoms. The number of aryl methyl sites for hydroxylation is 1. The minimum atomic E-state index is -0.310. The van der Waals surface area contributed by atoms with Gasteiger partial charge in [0.25, 0.3) is 0 Å². The topological polar surface area (TPSA) is 46.5 Å². The molecular weight excluding hydrogens is 288 g/mol. The molecular formula is C17H13ClO3. The van der Waals surface area contributed by atoms with Crippen molar-refractivity contribution in [2.75, 3.05) is 0 Å². The first-order valence-electron chi connectivity index (χ1n) is 6.54. The third-order valence-corrected chi connectivity index (χ3v) is 3.87. The van der Waals surface area contributed by atoms with E-state index in [1.165, 1.54) is 18.4 Å². The van der Waals surface area contributed by atoms with Gasteiger partial charge < -0.3 is 9.84 Å². The molecule has 0 bridgehead atoms. The molecule has 3 nitrogen and oxygen atoms in total. The normalized spacial score (nSPS) is 16.4. The third-order valence-electron chi connectivity index (χ3n) is 3.46. The summed E-state index contributed by atoms with van der Waals surface area (Å²) in [6, 6.07) is 2.97. The largest absolute Gasteiger partial charge is 0.507 e. The predicted molar refractivity (Wildman–Crippen MR) is 81.3 cm³/mol. The average molecular weight is 301 g/mol. The molecule has 0 fully saturated rings. The summed E-state index contributed by atoms with van der Waals surface area (Å²) >= 11 is 6.03. The first-order chi connectivity index (χ1) is 10.1. The molecule has 1 aromatic carbocycles. The summed E-state index contributed by atoms with van der Waals surface area (Å²) in [5, 5.41) is 10.4. The lowest BCUT2D eigenvalue weighted by Crippen LogP contribution is -2.09. The van der Waals surface area contributed by atoms with E-state index in [2.05, 4.69) is 0 Å². The summed E-state index contributed by atoms with van der Waals surface area (Å²) in [6.45, 7) is 1.77. The highest BCUT2D eigenvalue weighted by Crippen LogP contribution is 2.31. The number of rotatable bonds is 2. The van der Waals surface area contributed by atoms with Crippen LogP contribution in [0.4, 0.5) is 0 Å². The first kappa shape index (κ1) is 13.7. The van der Waals surface area contributed by atoms with Crippen molar-refractivity contribution >= 4 is 17.4 Å². The molecule has 0 radical (unpaired) electrons. The van der Waals surface area contributed by atoms with Gasteiger partial charge in [-0.05, 0) is 48.8 Å². The van der Waals surface area contributed by atoms with Gasteiger partial charge in [-0.2, -0.15) is 0 Å². The molecule has 4 heteroatoms. The lowest BCUT2D eigenvalue weighted by molar-refractivity contribution is 0.103. The van der Waals surface area contributed by atoms with E-state index in [1.54, 1.807) is 13.0 Å². The zero-order chi connectivity index (χ0) is 15.0. The molecule has 106 valence electrons. The van der Waals surface area contributed by atoms with Crippen molar-refractivity contribution in [1.82, 2.24) is 0 Å². The fourth-order valence-corrected chi connectivity index (χ4v) is 2.44. The molecule has 0 atom stereocenters. The highest BCUT2D eigenvalue weighted by Gasteiger charge is 2.21. The van der Waals surface area contributed by atoms with Crippen molar-refractivity contribution in [2.24, 2.45) is 0 Å². The van der Waals surface area contributed by atoms with Crippen LogP contribution in [-0.4, -0.2) is 10.9 Å². The molecule has 0 saturated heterocycles. The zero-order valence-corrected chi connectivity index (χ0v) is 12.1. The summed E-state index contributed by atoms with van der Waals surface area (Å²) < 4.78 is 5.48. The molecule has 0 unspecified atom stereocenters. The number of allylic oxidation sites excluding steroid dienone is 6. The number of hydrogen-bond acceptors (Lipinski definition) is 3. The van der Waals surface area contributed by atoms with E-state index in [-0.39, 0.29) is 17.1 Å². The SMILES string of the molecule is Cc1cc(O)c(C(=O)C2=COC3=CC=CCC3=C2)cc1Cl. The van der Waals surface area contributed by atoms with Crippen molar-refractivity contribution in [3.05, 3.63) is 75.8 Å². The van der Waals surface area contributed by atoms with Gasteiger partial charge in [-0.3, -0.25) is 4.79 Å². The quantitative estimate of drug-likeness (QED) is 0.832. The second-order valence-electron chi connectivity index (χ2n) is 4.97. The molecule has 0 amide bonds. The van der Waals surface area contributed by atoms with Gasteiger partial charge >= 0.3 is 0 Å². The predicted octanol–water partition coefficient (Wildman–Crippen LogP) is 4.22. The lowest BCUT2D eigenvalue weighted by atomic mass is 9.96. The molecule has 1 N–H and O–H groups in total. The number of carbonyl (C=O) groups excluding carboxylic acids is 1. The lowest BCUT2D eigenvalue weighted by Gasteiger charge is -2.18. The summed E-state index contributed by atoms with van der Waals surface area (Å²) in [6.07, 6.45) is 9.67. The van der Waals surface area contributed by atoms with E-state index in [4.69, 9.17) is 16.3 Å². The van der Waals surface area contributed by atoms with Crippen molar-refractivity contribution in [1.29, 1.82) is 0 Å². The highest BCUT2D eigenvalue weighted by atomic mass is 35.5. The minimum absolute atomic E-state index is 0.0777. The second-order valence-corrected chi connectivity index (χ2v) is 5.38. The van der Waals surface area contributed by atoms with Crippen LogP contribution in [0.25, 0.3) is 0 Å². The number of benzene rings is 1. The molecule has 21 heavy (non-hydrogen) atoms. The van der Waals surface area contributed by atoms with Gasteiger partial charge in [0.15, 0.2) is 5.78 Å². The molecule has 0 aromatic heterocycles. The number of halogens is 1. The van der Waals surface area contributed by atoms with Gasteiger partial charge in [0, 0.05) is 5.02 Å². The van der Waals surface area contributed by atoms with Crippen LogP contribution in [0.15, 0.2) is 59.6 Å². The minimum Gasteiger partial charge on any atom is -0.507 e. The van der Waals surface area contributed by atoms with Gasteiger partial charge in [-0.1, -0.05) is 23.8 Å². The molecule has 1 aromatic rings. The number of Topliss-reactive ketones (excluding diaryl/α,β-unsaturated/α-hetero) is 1. The number of fused-ring (bicyclic) bond motifs is 1. The number of ether oxygens (including phenoxy) is 1. The number of hydrogen-bond donors (Lipinski definition) is 1. The Morgan fingerprint density at radius 2 is 2.19 bits per heavy atom. The van der Waals surface area contributed by atoms with Gasteiger partial charge in [0.2, 0.25) is 0 Å². The van der Waals surface area contributed by atoms with E-state index in [9.17, 15) is 9.90 Å². The summed E-state index contributed by atoms with van der Waals surface area (Å²) in [5.41, 5.74) is 2.24. The molecule has 1 heterocycles. The third kappa shape index (κ3) is 2.52. The Hall–Kier alpha value is -2.26. The van der Waals surface area contributed by atoms with Gasteiger partial charge in [-0.15, -0.1) is 0 Å². The number of carbonyl (C=O) groups is 1. The van der Waals surface area contributed by atoms with E-state index in [1.807, 2.05) is 18.2 Å². The van der Waals surface area contributed by atoms with Crippen LogP contribution < -0.4 is 0 Å². The van der Waals surface area contributed by atoms with E-state index in [0.29, 0.717) is 10.6 Å². The van der Waals surface area contributed by atoms with Gasteiger partial charge in [-0.25, -0.2) is 0 Å². The molecule has 0 saturated carbocycles. The number of aromatic hydroxyl groups is 1. The molecule has 1 aliphatic carbocycles. The number of phenols is 1.